The zero-order valence-electron chi connectivity index (χ0n) is 19.4. The summed E-state index contributed by atoms with van der Waals surface area (Å²) in [5.41, 5.74) is 4.55. The number of hydroxylamine groups is 1. The molecule has 0 radical (unpaired) electrons. The number of ether oxygens (including phenoxy) is 1. The first kappa shape index (κ1) is 23.6. The third kappa shape index (κ3) is 5.43. The molecule has 1 aromatic carbocycles. The number of benzene rings is 1. The Kier molecular flexibility index (Phi) is 7.48. The third-order valence-corrected chi connectivity index (χ3v) is 7.24. The number of aromatic nitrogens is 4. The standard InChI is InChI=1S/C24H29N7O3S/c32-21(30-33)7-2-1-3-8-25-14-16-13-20-22(35-16)24(31-9-11-34-12-10-31)28-23(27-20)17-5-4-6-19-18(17)15-26-29-19/h4-6,13,15,25,33H,1-3,7-12,14H2,(H,26,29)(H,30,32). The molecule has 0 saturated carbocycles. The van der Waals surface area contributed by atoms with Crippen LogP contribution in [0, 0.1) is 0 Å². The van der Waals surface area contributed by atoms with Gasteiger partial charge >= 0.3 is 0 Å². The van der Waals surface area contributed by atoms with E-state index in [1.54, 1.807) is 16.8 Å². The number of H-pyrrole nitrogens is 1. The van der Waals surface area contributed by atoms with Gasteiger partial charge in [0.15, 0.2) is 11.6 Å². The molecule has 10 nitrogen and oxygen atoms in total. The van der Waals surface area contributed by atoms with Gasteiger partial charge < -0.3 is 15.0 Å². The predicted octanol–water partition coefficient (Wildman–Crippen LogP) is 3.23. The molecule has 4 heterocycles. The van der Waals surface area contributed by atoms with E-state index >= 15 is 0 Å². The lowest BCUT2D eigenvalue weighted by atomic mass is 10.1. The number of fused-ring (bicyclic) bond motifs is 2. The highest BCUT2D eigenvalue weighted by molar-refractivity contribution is 7.19. The van der Waals surface area contributed by atoms with Crippen molar-refractivity contribution in [3.8, 4) is 11.4 Å². The summed E-state index contributed by atoms with van der Waals surface area (Å²) in [4.78, 5) is 24.6. The fourth-order valence-corrected chi connectivity index (χ4v) is 5.39. The van der Waals surface area contributed by atoms with E-state index in [0.717, 1.165) is 77.9 Å². The Balaban J connectivity index is 1.35. The molecular formula is C24H29N7O3S. The number of unbranched alkanes of at least 4 members (excludes halogenated alkanes) is 2. The van der Waals surface area contributed by atoms with Crippen LogP contribution in [0.2, 0.25) is 0 Å². The number of nitrogens with one attached hydrogen (secondary N) is 3. The number of morpholine rings is 1. The van der Waals surface area contributed by atoms with E-state index in [-0.39, 0.29) is 5.91 Å². The summed E-state index contributed by atoms with van der Waals surface area (Å²) < 4.78 is 6.67. The monoisotopic (exact) mass is 495 g/mol. The van der Waals surface area contributed by atoms with E-state index in [1.807, 2.05) is 24.4 Å². The molecule has 1 aliphatic rings. The lowest BCUT2D eigenvalue weighted by molar-refractivity contribution is -0.129. The van der Waals surface area contributed by atoms with Crippen molar-refractivity contribution in [1.29, 1.82) is 0 Å². The number of carbonyl (C=O) groups excluding carboxylic acids is 1. The maximum Gasteiger partial charge on any atom is 0.243 e. The van der Waals surface area contributed by atoms with Crippen molar-refractivity contribution in [2.24, 2.45) is 0 Å². The normalized spacial score (nSPS) is 14.1. The molecule has 4 aromatic rings. The molecule has 4 N–H and O–H groups in total. The number of hydrogen-bond donors (Lipinski definition) is 4. The molecule has 0 bridgehead atoms. The topological polar surface area (TPSA) is 128 Å². The molecule has 0 unspecified atom stereocenters. The second-order valence-electron chi connectivity index (χ2n) is 8.56. The third-order valence-electron chi connectivity index (χ3n) is 6.12. The molecular weight excluding hydrogens is 466 g/mol. The Labute approximate surface area is 206 Å². The van der Waals surface area contributed by atoms with Crippen LogP contribution in [-0.4, -0.2) is 64.1 Å². The minimum absolute atomic E-state index is 0.330. The van der Waals surface area contributed by atoms with Crippen LogP contribution in [0.15, 0.2) is 30.5 Å². The van der Waals surface area contributed by atoms with Crippen molar-refractivity contribution < 1.29 is 14.7 Å². The van der Waals surface area contributed by atoms with Crippen LogP contribution < -0.4 is 15.7 Å². The van der Waals surface area contributed by atoms with Gasteiger partial charge in [0, 0.05) is 41.9 Å². The highest BCUT2D eigenvalue weighted by atomic mass is 32.1. The largest absolute Gasteiger partial charge is 0.378 e. The zero-order chi connectivity index (χ0) is 24.0. The van der Waals surface area contributed by atoms with Crippen LogP contribution >= 0.6 is 11.3 Å². The first-order valence-corrected chi connectivity index (χ1v) is 12.7. The van der Waals surface area contributed by atoms with Crippen molar-refractivity contribution in [3.05, 3.63) is 35.3 Å². The summed E-state index contributed by atoms with van der Waals surface area (Å²) in [5, 5.41) is 20.3. The number of carbonyl (C=O) groups is 1. The SMILES string of the molecule is O=C(CCCCCNCc1cc2nc(-c3cccc4[nH]ncc34)nc(N3CCOCC3)c2s1)NO. The fourth-order valence-electron chi connectivity index (χ4n) is 4.30. The van der Waals surface area contributed by atoms with Crippen molar-refractivity contribution in [2.75, 3.05) is 37.7 Å². The molecule has 0 spiro atoms. The van der Waals surface area contributed by atoms with Gasteiger partial charge in [0.05, 0.1) is 35.1 Å². The van der Waals surface area contributed by atoms with Gasteiger partial charge in [0.1, 0.15) is 0 Å². The van der Waals surface area contributed by atoms with Crippen LogP contribution in [0.3, 0.4) is 0 Å². The summed E-state index contributed by atoms with van der Waals surface area (Å²) in [6, 6.07) is 8.20. The molecule has 0 atom stereocenters. The van der Waals surface area contributed by atoms with Crippen LogP contribution in [-0.2, 0) is 16.1 Å². The second kappa shape index (κ2) is 11.1. The smallest absolute Gasteiger partial charge is 0.243 e. The molecule has 1 fully saturated rings. The Morgan fingerprint density at radius 1 is 1.20 bits per heavy atom. The van der Waals surface area contributed by atoms with Crippen molar-refractivity contribution >= 4 is 44.2 Å². The highest BCUT2D eigenvalue weighted by Gasteiger charge is 2.21. The lowest BCUT2D eigenvalue weighted by Gasteiger charge is -2.28. The van der Waals surface area contributed by atoms with Crippen LogP contribution in [0.1, 0.15) is 30.6 Å². The highest BCUT2D eigenvalue weighted by Crippen LogP contribution is 2.35. The Morgan fingerprint density at radius 3 is 2.94 bits per heavy atom. The minimum atomic E-state index is -0.330. The number of aromatic amines is 1. The maximum absolute atomic E-state index is 11.1. The second-order valence-corrected chi connectivity index (χ2v) is 9.69. The van der Waals surface area contributed by atoms with E-state index in [0.29, 0.717) is 25.5 Å². The number of thiophene rings is 1. The fraction of sp³-hybridized carbons (Fsp3) is 0.417. The summed E-state index contributed by atoms with van der Waals surface area (Å²) in [5.74, 6) is 1.34. The minimum Gasteiger partial charge on any atom is -0.378 e. The van der Waals surface area contributed by atoms with Crippen molar-refractivity contribution in [2.45, 2.75) is 32.2 Å². The Morgan fingerprint density at radius 2 is 2.09 bits per heavy atom. The molecule has 1 aliphatic heterocycles. The van der Waals surface area contributed by atoms with E-state index in [9.17, 15) is 4.79 Å². The number of hydrogen-bond acceptors (Lipinski definition) is 9. The van der Waals surface area contributed by atoms with Gasteiger partial charge in [-0.2, -0.15) is 5.10 Å². The Hall–Kier alpha value is -3.12. The van der Waals surface area contributed by atoms with Gasteiger partial charge in [-0.1, -0.05) is 18.6 Å². The van der Waals surface area contributed by atoms with E-state index in [2.05, 4.69) is 26.5 Å². The summed E-state index contributed by atoms with van der Waals surface area (Å²) in [6.45, 7) is 4.62. The zero-order valence-corrected chi connectivity index (χ0v) is 20.2. The molecule has 5 rings (SSSR count). The molecule has 11 heteroatoms. The number of nitrogens with zero attached hydrogens (tertiary/aromatic N) is 4. The summed E-state index contributed by atoms with van der Waals surface area (Å²) >= 11 is 1.73. The average molecular weight is 496 g/mol. The number of anilines is 1. The molecule has 184 valence electrons. The van der Waals surface area contributed by atoms with Gasteiger partial charge in [-0.05, 0) is 31.5 Å². The van der Waals surface area contributed by atoms with Gasteiger partial charge in [0.25, 0.3) is 0 Å². The van der Waals surface area contributed by atoms with Gasteiger partial charge in [-0.3, -0.25) is 15.1 Å². The van der Waals surface area contributed by atoms with Gasteiger partial charge in [0.2, 0.25) is 5.91 Å². The predicted molar refractivity (Wildman–Crippen MR) is 136 cm³/mol. The van der Waals surface area contributed by atoms with Crippen LogP contribution in [0.5, 0.6) is 0 Å². The molecule has 0 aliphatic carbocycles. The number of amides is 1. The van der Waals surface area contributed by atoms with Gasteiger partial charge in [-0.15, -0.1) is 11.3 Å². The Bertz CT molecular complexity index is 1300. The first-order valence-electron chi connectivity index (χ1n) is 11.9. The lowest BCUT2D eigenvalue weighted by Crippen LogP contribution is -2.36. The molecule has 1 saturated heterocycles. The van der Waals surface area contributed by atoms with Crippen molar-refractivity contribution in [1.82, 2.24) is 31.0 Å². The quantitative estimate of drug-likeness (QED) is 0.150. The van der Waals surface area contributed by atoms with E-state index < -0.39 is 0 Å². The first-order chi connectivity index (χ1) is 17.2. The average Bonchev–Trinajstić information content (AvgIpc) is 3.54. The van der Waals surface area contributed by atoms with Crippen LogP contribution in [0.25, 0.3) is 32.5 Å². The van der Waals surface area contributed by atoms with Crippen molar-refractivity contribution in [3.63, 3.8) is 0 Å². The molecule has 1 amide bonds. The van der Waals surface area contributed by atoms with E-state index in [4.69, 9.17) is 19.9 Å². The molecule has 35 heavy (non-hydrogen) atoms. The molecule has 3 aromatic heterocycles. The van der Waals surface area contributed by atoms with Gasteiger partial charge in [-0.25, -0.2) is 15.4 Å². The maximum atomic E-state index is 11.1. The summed E-state index contributed by atoms with van der Waals surface area (Å²) in [6.07, 6.45) is 4.85. The summed E-state index contributed by atoms with van der Waals surface area (Å²) in [7, 11) is 0. The van der Waals surface area contributed by atoms with E-state index in [1.165, 1.54) is 4.88 Å². The number of rotatable bonds is 10. The van der Waals surface area contributed by atoms with Crippen LogP contribution in [0.4, 0.5) is 5.82 Å².